The number of esters is 1. The number of cyclic esters (lactones) is 1. The molecule has 1 saturated carbocycles. The third-order valence-electron chi connectivity index (χ3n) is 9.83. The maximum absolute atomic E-state index is 14.6. The molecule has 0 aromatic carbocycles. The van der Waals surface area contributed by atoms with Crippen LogP contribution < -0.4 is 5.32 Å². The molecule has 2 fully saturated rings. The molecular formula is C37H47N7O3. The second kappa shape index (κ2) is 15.6. The number of hydrogen-bond donors (Lipinski definition) is 1. The lowest BCUT2D eigenvalue weighted by Crippen LogP contribution is -2.47. The fourth-order valence-electron chi connectivity index (χ4n) is 7.30. The molecule has 248 valence electrons. The molecule has 1 saturated heterocycles. The molecule has 1 N–H and O–H groups in total. The number of carbonyl (C=O) groups is 2. The van der Waals surface area contributed by atoms with E-state index in [1.165, 1.54) is 19.3 Å². The number of amides is 1. The summed E-state index contributed by atoms with van der Waals surface area (Å²) >= 11 is 0. The van der Waals surface area contributed by atoms with Crippen molar-refractivity contribution in [3.63, 3.8) is 0 Å². The number of unbranched alkanes of at least 4 members (excludes halogenated alkanes) is 1. The Bertz CT molecular complexity index is 1620. The summed E-state index contributed by atoms with van der Waals surface area (Å²) in [7, 11) is 0. The summed E-state index contributed by atoms with van der Waals surface area (Å²) in [5.74, 6) is 0.0153. The summed E-state index contributed by atoms with van der Waals surface area (Å²) in [4.78, 5) is 41.1. The quantitative estimate of drug-likeness (QED) is 0.157. The van der Waals surface area contributed by atoms with Crippen molar-refractivity contribution in [2.75, 3.05) is 0 Å². The van der Waals surface area contributed by atoms with Gasteiger partial charge in [-0.1, -0.05) is 71.3 Å². The Morgan fingerprint density at radius 2 is 1.85 bits per heavy atom. The minimum absolute atomic E-state index is 0.104. The predicted octanol–water partition coefficient (Wildman–Crippen LogP) is 6.44. The lowest BCUT2D eigenvalue weighted by molar-refractivity contribution is -0.146. The summed E-state index contributed by atoms with van der Waals surface area (Å²) in [6, 6.07) is 7.48. The molecular weight excluding hydrogens is 590 g/mol. The second-order valence-corrected chi connectivity index (χ2v) is 13.3. The van der Waals surface area contributed by atoms with Crippen molar-refractivity contribution in [1.29, 1.82) is 0 Å². The van der Waals surface area contributed by atoms with E-state index in [0.29, 0.717) is 30.2 Å². The van der Waals surface area contributed by atoms with E-state index in [4.69, 9.17) is 9.72 Å². The van der Waals surface area contributed by atoms with E-state index in [9.17, 15) is 9.59 Å². The van der Waals surface area contributed by atoms with E-state index in [1.54, 1.807) is 24.8 Å². The molecule has 6 rings (SSSR count). The van der Waals surface area contributed by atoms with Gasteiger partial charge in [0, 0.05) is 36.5 Å². The molecule has 10 heteroatoms. The number of pyridine rings is 2. The minimum Gasteiger partial charge on any atom is -0.460 e. The van der Waals surface area contributed by atoms with Gasteiger partial charge >= 0.3 is 5.97 Å². The highest BCUT2D eigenvalue weighted by Crippen LogP contribution is 2.34. The zero-order valence-electron chi connectivity index (χ0n) is 27.7. The maximum atomic E-state index is 14.6. The highest BCUT2D eigenvalue weighted by atomic mass is 16.6. The largest absolute Gasteiger partial charge is 0.460 e. The number of rotatable bonds is 14. The van der Waals surface area contributed by atoms with Crippen molar-refractivity contribution < 1.29 is 14.3 Å². The first-order valence-electron chi connectivity index (χ1n) is 17.6. The molecule has 1 amide bonds. The minimum atomic E-state index is -0.658. The van der Waals surface area contributed by atoms with E-state index in [-0.39, 0.29) is 29.9 Å². The van der Waals surface area contributed by atoms with Gasteiger partial charge < -0.3 is 10.1 Å². The summed E-state index contributed by atoms with van der Waals surface area (Å²) in [6.07, 6.45) is 20.9. The van der Waals surface area contributed by atoms with Crippen molar-refractivity contribution in [2.45, 2.75) is 115 Å². The molecule has 2 aliphatic rings. The average molecular weight is 638 g/mol. The first-order valence-corrected chi connectivity index (χ1v) is 17.6. The lowest BCUT2D eigenvalue weighted by Gasteiger charge is -2.31. The summed E-state index contributed by atoms with van der Waals surface area (Å²) in [5.41, 5.74) is 4.05. The van der Waals surface area contributed by atoms with E-state index < -0.39 is 5.92 Å². The maximum Gasteiger partial charge on any atom is 0.309 e. The average Bonchev–Trinajstić information content (AvgIpc) is 3.70. The van der Waals surface area contributed by atoms with Gasteiger partial charge in [-0.15, -0.1) is 10.2 Å². The third-order valence-corrected chi connectivity index (χ3v) is 9.83. The molecule has 47 heavy (non-hydrogen) atoms. The smallest absolute Gasteiger partial charge is 0.309 e. The monoisotopic (exact) mass is 637 g/mol. The van der Waals surface area contributed by atoms with Gasteiger partial charge in [-0.2, -0.15) is 0 Å². The van der Waals surface area contributed by atoms with Gasteiger partial charge in [0.25, 0.3) is 0 Å². The molecule has 10 nitrogen and oxygen atoms in total. The van der Waals surface area contributed by atoms with Gasteiger partial charge in [-0.3, -0.25) is 24.0 Å². The highest BCUT2D eigenvalue weighted by molar-refractivity contribution is 5.84. The summed E-state index contributed by atoms with van der Waals surface area (Å²) in [5, 5.41) is 12.7. The topological polar surface area (TPSA) is 124 Å². The van der Waals surface area contributed by atoms with Gasteiger partial charge in [-0.05, 0) is 61.8 Å². The van der Waals surface area contributed by atoms with Crippen LogP contribution in [0.3, 0.4) is 0 Å². The Balaban J connectivity index is 1.36. The zero-order valence-corrected chi connectivity index (χ0v) is 27.7. The highest BCUT2D eigenvalue weighted by Gasteiger charge is 2.41. The summed E-state index contributed by atoms with van der Waals surface area (Å²) in [6.45, 7) is 4.25. The zero-order chi connectivity index (χ0) is 32.6. The van der Waals surface area contributed by atoms with Crippen LogP contribution in [0.25, 0.3) is 16.9 Å². The van der Waals surface area contributed by atoms with Crippen LogP contribution in [-0.2, 0) is 27.2 Å². The van der Waals surface area contributed by atoms with Gasteiger partial charge in [0.05, 0.1) is 23.3 Å². The van der Waals surface area contributed by atoms with Gasteiger partial charge in [0.1, 0.15) is 17.8 Å². The number of nitrogens with zero attached hydrogens (tertiary/aromatic N) is 6. The van der Waals surface area contributed by atoms with E-state index in [1.807, 2.05) is 34.9 Å². The van der Waals surface area contributed by atoms with Crippen LogP contribution >= 0.6 is 0 Å². The number of aryl methyl sites for hydroxylation is 1. The van der Waals surface area contributed by atoms with Crippen molar-refractivity contribution in [3.8, 4) is 11.3 Å². The molecule has 1 aliphatic carbocycles. The number of aromatic nitrogens is 6. The SMILES string of the molecule is CCCC[C@@H]1C[C@@H]([C@H](CC2CCCCC2)NC(=O)C(Cc2cccnc2)c2nnc3c(CCC)nc(-c4cccnc4)cn23)OC1=O. The fraction of sp³-hybridized carbons (Fsp3) is 0.541. The Hall–Kier alpha value is -4.21. The van der Waals surface area contributed by atoms with Crippen LogP contribution in [-0.4, -0.2) is 53.6 Å². The Kier molecular flexibility index (Phi) is 10.9. The molecule has 0 bridgehead atoms. The fourth-order valence-corrected chi connectivity index (χ4v) is 7.30. The van der Waals surface area contributed by atoms with E-state index in [2.05, 4.69) is 39.3 Å². The lowest BCUT2D eigenvalue weighted by atomic mass is 9.82. The van der Waals surface area contributed by atoms with Crippen LogP contribution in [0.1, 0.15) is 107 Å². The van der Waals surface area contributed by atoms with Crippen LogP contribution in [0.2, 0.25) is 0 Å². The normalized spacial score (nSPS) is 19.8. The number of nitrogens with one attached hydrogen (secondary N) is 1. The van der Waals surface area contributed by atoms with Crippen LogP contribution in [0.4, 0.5) is 0 Å². The van der Waals surface area contributed by atoms with E-state index in [0.717, 1.165) is 73.9 Å². The first-order chi connectivity index (χ1) is 23.0. The molecule has 1 aliphatic heterocycles. The Morgan fingerprint density at radius 1 is 1.04 bits per heavy atom. The second-order valence-electron chi connectivity index (χ2n) is 13.3. The van der Waals surface area contributed by atoms with Gasteiger partial charge in [0.2, 0.25) is 5.91 Å². The standard InChI is InChI=1S/C37H47N7O3/c1-3-5-15-27-21-33(47-37(27)46)31(20-25-12-7-6-8-13-25)41-36(45)29(19-26-14-9-17-38-22-26)34-42-43-35-30(11-4-2)40-32(24-44(34)35)28-16-10-18-39-23-28/h9-10,14,16-18,22-25,27,29,31,33H,3-8,11-13,15,19-21H2,1-2H3,(H,41,45)/t27-,29?,31+,33+/m1/s1. The number of carbonyl (C=O) groups excluding carboxylic acids is 2. The Labute approximate surface area is 277 Å². The van der Waals surface area contributed by atoms with Crippen molar-refractivity contribution in [1.82, 2.24) is 34.9 Å². The predicted molar refractivity (Wildman–Crippen MR) is 179 cm³/mol. The molecule has 0 radical (unpaired) electrons. The van der Waals surface area contributed by atoms with Gasteiger partial charge in [-0.25, -0.2) is 4.98 Å². The molecule has 4 aromatic rings. The molecule has 5 heterocycles. The molecule has 4 aromatic heterocycles. The van der Waals surface area contributed by atoms with Crippen molar-refractivity contribution in [3.05, 3.63) is 72.3 Å². The molecule has 0 spiro atoms. The first kappa shape index (κ1) is 32.7. The van der Waals surface area contributed by atoms with E-state index >= 15 is 0 Å². The Morgan fingerprint density at radius 3 is 2.57 bits per heavy atom. The van der Waals surface area contributed by atoms with Crippen molar-refractivity contribution >= 4 is 17.5 Å². The van der Waals surface area contributed by atoms with Crippen LogP contribution in [0.5, 0.6) is 0 Å². The molecule has 4 atom stereocenters. The third kappa shape index (κ3) is 7.85. The number of hydrogen-bond acceptors (Lipinski definition) is 8. The van der Waals surface area contributed by atoms with Crippen LogP contribution in [0, 0.1) is 11.8 Å². The van der Waals surface area contributed by atoms with Gasteiger partial charge in [0.15, 0.2) is 5.65 Å². The van der Waals surface area contributed by atoms with Crippen LogP contribution in [0.15, 0.2) is 55.2 Å². The van der Waals surface area contributed by atoms with Crippen molar-refractivity contribution in [2.24, 2.45) is 11.8 Å². The molecule has 1 unspecified atom stereocenters. The number of ether oxygens (including phenoxy) is 1. The summed E-state index contributed by atoms with van der Waals surface area (Å²) < 4.78 is 7.97. The number of fused-ring (bicyclic) bond motifs is 1.